The minimum absolute atomic E-state index is 0.134. The first-order chi connectivity index (χ1) is 12.9. The lowest BCUT2D eigenvalue weighted by molar-refractivity contribution is 0.204. The van der Waals surface area contributed by atoms with Crippen LogP contribution in [0.25, 0.3) is 22.4 Å². The molecule has 1 N–H and O–H groups in total. The fraction of sp³-hybridized carbons (Fsp3) is 0.316. The van der Waals surface area contributed by atoms with Crippen molar-refractivity contribution in [2.75, 3.05) is 18.8 Å². The molecule has 4 heterocycles. The topological polar surface area (TPSA) is 64.9 Å². The van der Waals surface area contributed by atoms with Gasteiger partial charge in [0.2, 0.25) is 0 Å². The van der Waals surface area contributed by atoms with Gasteiger partial charge in [0.25, 0.3) is 0 Å². The summed E-state index contributed by atoms with van der Waals surface area (Å²) in [6, 6.07) is 8.53. The molecule has 2 aliphatic rings. The summed E-state index contributed by atoms with van der Waals surface area (Å²) in [5, 5.41) is 5.52. The monoisotopic (exact) mass is 365 g/mol. The van der Waals surface area contributed by atoms with Gasteiger partial charge in [-0.25, -0.2) is 9.97 Å². The Balaban J connectivity index is 1.62. The van der Waals surface area contributed by atoms with Crippen LogP contribution in [-0.4, -0.2) is 44.5 Å². The molecule has 0 aliphatic carbocycles. The number of para-hydroxylation sites is 2. The number of nitrogens with zero attached hydrogens (tertiary/aromatic N) is 4. The van der Waals surface area contributed by atoms with Crippen LogP contribution in [0.4, 0.5) is 0 Å². The molecule has 0 spiro atoms. The van der Waals surface area contributed by atoms with Gasteiger partial charge in [0.1, 0.15) is 12.4 Å². The predicted molar refractivity (Wildman–Crippen MR) is 104 cm³/mol. The minimum Gasteiger partial charge on any atom is -0.459 e. The zero-order valence-corrected chi connectivity index (χ0v) is 15.1. The molecule has 0 amide bonds. The number of hydrogen-bond acceptors (Lipinski definition) is 6. The van der Waals surface area contributed by atoms with Crippen molar-refractivity contribution in [2.45, 2.75) is 18.9 Å². The zero-order valence-electron chi connectivity index (χ0n) is 14.3. The molecule has 3 aromatic rings. The number of fused-ring (bicyclic) bond motifs is 1. The van der Waals surface area contributed by atoms with E-state index in [0.717, 1.165) is 54.1 Å². The number of ether oxygens (including phenoxy) is 1. The fourth-order valence-electron chi connectivity index (χ4n) is 3.42. The summed E-state index contributed by atoms with van der Waals surface area (Å²) in [5.74, 6) is 1.94. The first-order valence-electron chi connectivity index (χ1n) is 8.86. The lowest BCUT2D eigenvalue weighted by atomic mass is 10.1. The van der Waals surface area contributed by atoms with Crippen LogP contribution < -0.4 is 10.1 Å². The van der Waals surface area contributed by atoms with E-state index in [-0.39, 0.29) is 6.10 Å². The van der Waals surface area contributed by atoms with Gasteiger partial charge in [-0.05, 0) is 42.5 Å². The molecule has 132 valence electrons. The Labute approximate surface area is 155 Å². The molecule has 2 aliphatic heterocycles. The van der Waals surface area contributed by atoms with E-state index in [2.05, 4.69) is 26.8 Å². The molecule has 1 saturated heterocycles. The molecule has 6 nitrogen and oxygen atoms in total. The standard InChI is InChI=1S/C19H19N5OS/c1-2-4-17-16(3-1)22-12-24(17)18-15(13-6-8-26-11-13)10-21-19(23-18)25-14-5-7-20-9-14/h1-4,10-12,14,20H,5-9H2. The Morgan fingerprint density at radius 2 is 2.19 bits per heavy atom. The molecule has 2 aromatic heterocycles. The summed E-state index contributed by atoms with van der Waals surface area (Å²) in [5.41, 5.74) is 4.31. The number of benzene rings is 1. The molecule has 0 bridgehead atoms. The largest absolute Gasteiger partial charge is 0.459 e. The summed E-state index contributed by atoms with van der Waals surface area (Å²) < 4.78 is 8.04. The molecule has 1 atom stereocenters. The van der Waals surface area contributed by atoms with E-state index in [4.69, 9.17) is 9.72 Å². The molecule has 1 fully saturated rings. The second-order valence-electron chi connectivity index (χ2n) is 6.49. The van der Waals surface area contributed by atoms with Crippen molar-refractivity contribution < 1.29 is 4.74 Å². The van der Waals surface area contributed by atoms with E-state index in [9.17, 15) is 0 Å². The van der Waals surface area contributed by atoms with Gasteiger partial charge in [-0.15, -0.1) is 11.8 Å². The van der Waals surface area contributed by atoms with Gasteiger partial charge in [-0.1, -0.05) is 12.1 Å². The maximum Gasteiger partial charge on any atom is 0.318 e. The number of imidazole rings is 1. The van der Waals surface area contributed by atoms with Crippen LogP contribution in [-0.2, 0) is 0 Å². The van der Waals surface area contributed by atoms with Gasteiger partial charge < -0.3 is 10.1 Å². The Morgan fingerprint density at radius 1 is 1.23 bits per heavy atom. The number of thioether (sulfide) groups is 1. The normalized spacial score (nSPS) is 19.8. The summed E-state index contributed by atoms with van der Waals surface area (Å²) in [4.78, 5) is 13.8. The summed E-state index contributed by atoms with van der Waals surface area (Å²) >= 11 is 1.83. The van der Waals surface area contributed by atoms with Crippen molar-refractivity contribution in [2.24, 2.45) is 0 Å². The van der Waals surface area contributed by atoms with Gasteiger partial charge >= 0.3 is 6.01 Å². The molecule has 26 heavy (non-hydrogen) atoms. The Morgan fingerprint density at radius 3 is 3.04 bits per heavy atom. The number of allylic oxidation sites excluding steroid dienone is 1. The van der Waals surface area contributed by atoms with Crippen LogP contribution in [0.5, 0.6) is 6.01 Å². The predicted octanol–water partition coefficient (Wildman–Crippen LogP) is 3.03. The molecule has 0 radical (unpaired) electrons. The molecule has 0 saturated carbocycles. The van der Waals surface area contributed by atoms with Gasteiger partial charge in [-0.3, -0.25) is 4.57 Å². The van der Waals surface area contributed by atoms with E-state index in [0.29, 0.717) is 6.01 Å². The van der Waals surface area contributed by atoms with E-state index in [1.165, 1.54) is 5.57 Å². The van der Waals surface area contributed by atoms with Crippen molar-refractivity contribution in [3.8, 4) is 11.8 Å². The SMILES string of the molecule is C1=C(c2cnc(OC3CCNC3)nc2-n2cnc3ccccc32)CCS1. The van der Waals surface area contributed by atoms with Gasteiger partial charge in [-0.2, -0.15) is 4.98 Å². The maximum atomic E-state index is 6.00. The smallest absolute Gasteiger partial charge is 0.318 e. The summed E-state index contributed by atoms with van der Waals surface area (Å²) in [7, 11) is 0. The molecule has 1 unspecified atom stereocenters. The zero-order chi connectivity index (χ0) is 17.3. The third-order valence-corrected chi connectivity index (χ3v) is 5.67. The first kappa shape index (κ1) is 15.8. The van der Waals surface area contributed by atoms with Crippen LogP contribution in [0.15, 0.2) is 42.2 Å². The highest BCUT2D eigenvalue weighted by molar-refractivity contribution is 8.02. The van der Waals surface area contributed by atoms with E-state index >= 15 is 0 Å². The van der Waals surface area contributed by atoms with Crippen molar-refractivity contribution in [1.29, 1.82) is 0 Å². The number of rotatable bonds is 4. The molecular formula is C19H19N5OS. The Hall–Kier alpha value is -2.38. The van der Waals surface area contributed by atoms with E-state index in [1.54, 1.807) is 0 Å². The molecule has 7 heteroatoms. The summed E-state index contributed by atoms with van der Waals surface area (Å²) in [6.07, 6.45) is 5.87. The van der Waals surface area contributed by atoms with Crippen LogP contribution in [0, 0.1) is 0 Å². The Kier molecular flexibility index (Phi) is 4.10. The number of aromatic nitrogens is 4. The molecule has 1 aromatic carbocycles. The minimum atomic E-state index is 0.134. The highest BCUT2D eigenvalue weighted by Crippen LogP contribution is 2.34. The quantitative estimate of drug-likeness (QED) is 0.767. The van der Waals surface area contributed by atoms with Crippen molar-refractivity contribution in [1.82, 2.24) is 24.8 Å². The van der Waals surface area contributed by atoms with Crippen molar-refractivity contribution in [3.63, 3.8) is 0 Å². The van der Waals surface area contributed by atoms with Gasteiger partial charge in [0.05, 0.1) is 11.0 Å². The third kappa shape index (κ3) is 2.87. The summed E-state index contributed by atoms with van der Waals surface area (Å²) in [6.45, 7) is 1.82. The maximum absolute atomic E-state index is 6.00. The highest BCUT2D eigenvalue weighted by Gasteiger charge is 2.21. The van der Waals surface area contributed by atoms with E-state index in [1.807, 2.05) is 47.1 Å². The second kappa shape index (κ2) is 6.74. The average molecular weight is 365 g/mol. The van der Waals surface area contributed by atoms with Crippen molar-refractivity contribution >= 4 is 28.4 Å². The first-order valence-corrected chi connectivity index (χ1v) is 9.91. The lowest BCUT2D eigenvalue weighted by Gasteiger charge is -2.15. The molecule has 5 rings (SSSR count). The average Bonchev–Trinajstić information content (AvgIpc) is 3.43. The third-order valence-electron chi connectivity index (χ3n) is 4.78. The van der Waals surface area contributed by atoms with Crippen LogP contribution >= 0.6 is 11.8 Å². The lowest BCUT2D eigenvalue weighted by Crippen LogP contribution is -2.21. The van der Waals surface area contributed by atoms with Gasteiger partial charge in [0.15, 0.2) is 5.82 Å². The van der Waals surface area contributed by atoms with Gasteiger partial charge in [0, 0.05) is 24.1 Å². The van der Waals surface area contributed by atoms with Crippen LogP contribution in [0.2, 0.25) is 0 Å². The number of nitrogens with one attached hydrogen (secondary N) is 1. The van der Waals surface area contributed by atoms with E-state index < -0.39 is 0 Å². The van der Waals surface area contributed by atoms with Crippen LogP contribution in [0.1, 0.15) is 18.4 Å². The number of hydrogen-bond donors (Lipinski definition) is 1. The van der Waals surface area contributed by atoms with Crippen molar-refractivity contribution in [3.05, 3.63) is 47.8 Å². The second-order valence-corrected chi connectivity index (χ2v) is 7.47. The molecular weight excluding hydrogens is 346 g/mol. The Bertz CT molecular complexity index is 977. The fourth-order valence-corrected chi connectivity index (χ4v) is 4.32. The highest BCUT2D eigenvalue weighted by atomic mass is 32.2. The van der Waals surface area contributed by atoms with Crippen LogP contribution in [0.3, 0.4) is 0 Å².